The van der Waals surface area contributed by atoms with Crippen molar-refractivity contribution >= 4 is 27.4 Å². The number of rotatable bonds is 3. The summed E-state index contributed by atoms with van der Waals surface area (Å²) in [5.74, 6) is 0. The second-order valence-corrected chi connectivity index (χ2v) is 6.40. The van der Waals surface area contributed by atoms with E-state index in [2.05, 4.69) is 27.6 Å². The first-order valence-electron chi connectivity index (χ1n) is 3.44. The molecular weight excluding hydrogens is 223 g/mol. The molecule has 0 saturated carbocycles. The van der Waals surface area contributed by atoms with Crippen molar-refractivity contribution in [2.45, 2.75) is 0 Å². The maximum absolute atomic E-state index is 8.68. The van der Waals surface area contributed by atoms with Crippen LogP contribution in [0, 0.1) is 0 Å². The van der Waals surface area contributed by atoms with E-state index in [4.69, 9.17) is 5.11 Å². The fourth-order valence-corrected chi connectivity index (χ4v) is 2.92. The molecule has 0 spiro atoms. The Labute approximate surface area is 75.9 Å². The molecule has 0 bridgehead atoms. The molecule has 1 atom stereocenters. The van der Waals surface area contributed by atoms with Crippen LogP contribution in [0.1, 0.15) is 0 Å². The summed E-state index contributed by atoms with van der Waals surface area (Å²) in [7, 11) is 0. The van der Waals surface area contributed by atoms with Crippen LogP contribution in [0.5, 0.6) is 0 Å². The molecule has 1 N–H and O–H groups in total. The molecule has 1 aromatic carbocycles. The van der Waals surface area contributed by atoms with Gasteiger partial charge < -0.3 is 5.11 Å². The average Bonchev–Trinajstić information content (AvgIpc) is 2.07. The van der Waals surface area contributed by atoms with E-state index in [9.17, 15) is 0 Å². The molecule has 1 rings (SSSR count). The Morgan fingerprint density at radius 3 is 2.45 bits per heavy atom. The van der Waals surface area contributed by atoms with Crippen molar-refractivity contribution in [2.24, 2.45) is 0 Å². The highest BCUT2D eigenvalue weighted by molar-refractivity contribution is 9.40. The van der Waals surface area contributed by atoms with E-state index < -0.39 is 0 Å². The lowest BCUT2D eigenvalue weighted by Gasteiger charge is -2.06. The fourth-order valence-electron chi connectivity index (χ4n) is 0.807. The minimum absolute atomic E-state index is 0.256. The summed E-state index contributed by atoms with van der Waals surface area (Å²) in [6, 6.07) is 10.2. The predicted molar refractivity (Wildman–Crippen MR) is 53.9 cm³/mol. The molecule has 0 aliphatic heterocycles. The standard InChI is InChI=1S/C8H10BrOP/c9-11(7-6-10)8-4-2-1-3-5-8/h1-5,10H,6-7H2. The van der Waals surface area contributed by atoms with Crippen LogP contribution in [0.3, 0.4) is 0 Å². The lowest BCUT2D eigenvalue weighted by molar-refractivity contribution is 0.322. The molecule has 0 amide bonds. The van der Waals surface area contributed by atoms with Gasteiger partial charge in [-0.2, -0.15) is 0 Å². The largest absolute Gasteiger partial charge is 0.396 e. The maximum Gasteiger partial charge on any atom is 0.0481 e. The topological polar surface area (TPSA) is 20.2 Å². The van der Waals surface area contributed by atoms with Crippen LogP contribution >= 0.6 is 22.1 Å². The lowest BCUT2D eigenvalue weighted by Crippen LogP contribution is -2.00. The van der Waals surface area contributed by atoms with Gasteiger partial charge in [-0.05, 0) is 11.9 Å². The van der Waals surface area contributed by atoms with Gasteiger partial charge in [-0.25, -0.2) is 0 Å². The average molecular weight is 233 g/mol. The summed E-state index contributed by atoms with van der Waals surface area (Å²) in [5, 5.41) is 9.97. The van der Waals surface area contributed by atoms with Gasteiger partial charge in [0.25, 0.3) is 0 Å². The van der Waals surface area contributed by atoms with Crippen molar-refractivity contribution in [3.8, 4) is 0 Å². The molecule has 3 heteroatoms. The number of aliphatic hydroxyl groups excluding tert-OH is 1. The van der Waals surface area contributed by atoms with Crippen molar-refractivity contribution in [1.82, 2.24) is 0 Å². The van der Waals surface area contributed by atoms with E-state index in [1.165, 1.54) is 5.30 Å². The Balaban J connectivity index is 2.61. The van der Waals surface area contributed by atoms with Crippen LogP contribution < -0.4 is 5.30 Å². The molecule has 1 unspecified atom stereocenters. The van der Waals surface area contributed by atoms with E-state index >= 15 is 0 Å². The number of halogens is 1. The lowest BCUT2D eigenvalue weighted by atomic mass is 10.4. The maximum atomic E-state index is 8.68. The number of aliphatic hydroxyl groups is 1. The molecule has 0 aromatic heterocycles. The first kappa shape index (κ1) is 9.18. The molecule has 60 valence electrons. The van der Waals surface area contributed by atoms with Gasteiger partial charge in [0.1, 0.15) is 0 Å². The van der Waals surface area contributed by atoms with Gasteiger partial charge in [-0.15, -0.1) is 0 Å². The van der Waals surface area contributed by atoms with E-state index in [0.29, 0.717) is 0 Å². The molecule has 0 aliphatic rings. The highest BCUT2D eigenvalue weighted by atomic mass is 79.9. The number of hydrogen-bond acceptors (Lipinski definition) is 1. The molecule has 0 radical (unpaired) electrons. The molecule has 1 aromatic rings. The Morgan fingerprint density at radius 2 is 1.91 bits per heavy atom. The normalized spacial score (nSPS) is 12.9. The van der Waals surface area contributed by atoms with Crippen LogP contribution in [-0.2, 0) is 0 Å². The third kappa shape index (κ3) is 2.90. The van der Waals surface area contributed by atoms with E-state index in [1.807, 2.05) is 18.2 Å². The Bertz CT molecular complexity index is 203. The summed E-state index contributed by atoms with van der Waals surface area (Å²) >= 11 is 3.55. The van der Waals surface area contributed by atoms with Gasteiger partial charge in [0.05, 0.1) is 0 Å². The summed E-state index contributed by atoms with van der Waals surface area (Å²) < 4.78 is 0. The first-order valence-corrected chi connectivity index (χ1v) is 6.98. The van der Waals surface area contributed by atoms with Crippen LogP contribution in [0.4, 0.5) is 0 Å². The highest BCUT2D eigenvalue weighted by Crippen LogP contribution is 2.41. The minimum Gasteiger partial charge on any atom is -0.396 e. The molecule has 0 saturated heterocycles. The molecule has 11 heavy (non-hydrogen) atoms. The number of benzene rings is 1. The van der Waals surface area contributed by atoms with Crippen molar-refractivity contribution in [1.29, 1.82) is 0 Å². The highest BCUT2D eigenvalue weighted by Gasteiger charge is 2.03. The summed E-state index contributed by atoms with van der Waals surface area (Å²) in [4.78, 5) is 0. The van der Waals surface area contributed by atoms with Crippen LogP contribution in [0.2, 0.25) is 0 Å². The van der Waals surface area contributed by atoms with Crippen molar-refractivity contribution < 1.29 is 5.11 Å². The van der Waals surface area contributed by atoms with Crippen molar-refractivity contribution in [3.63, 3.8) is 0 Å². The molecule has 1 nitrogen and oxygen atoms in total. The van der Waals surface area contributed by atoms with E-state index in [-0.39, 0.29) is 13.2 Å². The third-order valence-electron chi connectivity index (χ3n) is 1.33. The zero-order valence-electron chi connectivity index (χ0n) is 6.07. The zero-order chi connectivity index (χ0) is 8.10. The number of hydrogen-bond donors (Lipinski definition) is 1. The molecular formula is C8H10BrOP. The summed E-state index contributed by atoms with van der Waals surface area (Å²) in [5.41, 5.74) is 0. The summed E-state index contributed by atoms with van der Waals surface area (Å²) in [6.45, 7) is -0.0575. The van der Waals surface area contributed by atoms with E-state index in [1.54, 1.807) is 0 Å². The van der Waals surface area contributed by atoms with Crippen molar-refractivity contribution in [3.05, 3.63) is 30.3 Å². The smallest absolute Gasteiger partial charge is 0.0481 e. The SMILES string of the molecule is OCCP(Br)c1ccccc1. The van der Waals surface area contributed by atoms with Gasteiger partial charge in [0.2, 0.25) is 0 Å². The van der Waals surface area contributed by atoms with Crippen LogP contribution in [-0.4, -0.2) is 17.9 Å². The first-order chi connectivity index (χ1) is 5.34. The quantitative estimate of drug-likeness (QED) is 0.792. The second-order valence-electron chi connectivity index (χ2n) is 2.14. The Kier molecular flexibility index (Phi) is 4.06. The van der Waals surface area contributed by atoms with Crippen LogP contribution in [0.15, 0.2) is 30.3 Å². The van der Waals surface area contributed by atoms with Crippen molar-refractivity contribution in [2.75, 3.05) is 12.8 Å². The zero-order valence-corrected chi connectivity index (χ0v) is 8.55. The van der Waals surface area contributed by atoms with Gasteiger partial charge in [-0.3, -0.25) is 0 Å². The van der Waals surface area contributed by atoms with Gasteiger partial charge in [0, 0.05) is 12.8 Å². The third-order valence-corrected chi connectivity index (χ3v) is 5.08. The second kappa shape index (κ2) is 4.87. The molecule has 0 heterocycles. The predicted octanol–water partition coefficient (Wildman–Crippen LogP) is 2.10. The monoisotopic (exact) mass is 232 g/mol. The Hall–Kier alpha value is 0.0900. The molecule has 0 fully saturated rings. The Morgan fingerprint density at radius 1 is 1.27 bits per heavy atom. The molecule has 0 aliphatic carbocycles. The van der Waals surface area contributed by atoms with E-state index in [0.717, 1.165) is 6.16 Å². The minimum atomic E-state index is -0.313. The fraction of sp³-hybridized carbons (Fsp3) is 0.250. The summed E-state index contributed by atoms with van der Waals surface area (Å²) in [6.07, 6.45) is 0.833. The van der Waals surface area contributed by atoms with Gasteiger partial charge in [0.15, 0.2) is 0 Å². The van der Waals surface area contributed by atoms with Crippen LogP contribution in [0.25, 0.3) is 0 Å². The van der Waals surface area contributed by atoms with Gasteiger partial charge in [-0.1, -0.05) is 45.8 Å². The van der Waals surface area contributed by atoms with Gasteiger partial charge >= 0.3 is 0 Å².